The second-order valence-electron chi connectivity index (χ2n) is 5.38. The fraction of sp³-hybridized carbons (Fsp3) is 0.533. The molecular formula is C15H22N2O. The third-order valence-electron chi connectivity index (χ3n) is 4.02. The molecule has 2 atom stereocenters. The zero-order chi connectivity index (χ0) is 13.3. The van der Waals surface area contributed by atoms with Gasteiger partial charge in [0.15, 0.2) is 0 Å². The number of primary amides is 1. The minimum absolute atomic E-state index is 0.257. The van der Waals surface area contributed by atoms with Crippen LogP contribution in [0.4, 0.5) is 0 Å². The number of carbonyl (C=O) groups excluding carboxylic acids is 1. The van der Waals surface area contributed by atoms with Crippen molar-refractivity contribution < 1.29 is 4.79 Å². The second kappa shape index (κ2) is 4.73. The van der Waals surface area contributed by atoms with Crippen LogP contribution in [0.3, 0.4) is 0 Å². The van der Waals surface area contributed by atoms with Crippen LogP contribution in [-0.2, 0) is 16.8 Å². The SMILES string of the molecule is CCC(C)NC1(C(N)=O)CCc2ccc(C)cc21. The first kappa shape index (κ1) is 13.1. The van der Waals surface area contributed by atoms with Gasteiger partial charge in [-0.15, -0.1) is 0 Å². The summed E-state index contributed by atoms with van der Waals surface area (Å²) in [6.45, 7) is 6.25. The largest absolute Gasteiger partial charge is 0.368 e. The zero-order valence-electron chi connectivity index (χ0n) is 11.4. The number of hydrogen-bond acceptors (Lipinski definition) is 2. The lowest BCUT2D eigenvalue weighted by atomic mass is 9.89. The molecule has 1 aromatic rings. The Balaban J connectivity index is 2.46. The third-order valence-corrected chi connectivity index (χ3v) is 4.02. The lowest BCUT2D eigenvalue weighted by molar-refractivity contribution is -0.125. The van der Waals surface area contributed by atoms with Crippen molar-refractivity contribution in [2.75, 3.05) is 0 Å². The fourth-order valence-electron chi connectivity index (χ4n) is 2.76. The number of rotatable bonds is 4. The van der Waals surface area contributed by atoms with Crippen LogP contribution in [0, 0.1) is 6.92 Å². The lowest BCUT2D eigenvalue weighted by Gasteiger charge is -2.31. The highest BCUT2D eigenvalue weighted by Gasteiger charge is 2.44. The first-order valence-corrected chi connectivity index (χ1v) is 6.67. The molecule has 1 amide bonds. The molecule has 0 bridgehead atoms. The van der Waals surface area contributed by atoms with E-state index >= 15 is 0 Å². The monoisotopic (exact) mass is 246 g/mol. The van der Waals surface area contributed by atoms with E-state index in [4.69, 9.17) is 5.73 Å². The average molecular weight is 246 g/mol. The lowest BCUT2D eigenvalue weighted by Crippen LogP contribution is -2.54. The van der Waals surface area contributed by atoms with Gasteiger partial charge in [-0.2, -0.15) is 0 Å². The summed E-state index contributed by atoms with van der Waals surface area (Å²) in [5.41, 5.74) is 8.53. The summed E-state index contributed by atoms with van der Waals surface area (Å²) in [6, 6.07) is 6.60. The van der Waals surface area contributed by atoms with E-state index in [1.807, 2.05) is 6.92 Å². The third kappa shape index (κ3) is 2.03. The van der Waals surface area contributed by atoms with Crippen LogP contribution >= 0.6 is 0 Å². The van der Waals surface area contributed by atoms with Crippen molar-refractivity contribution in [3.8, 4) is 0 Å². The van der Waals surface area contributed by atoms with Gasteiger partial charge in [0.2, 0.25) is 5.91 Å². The van der Waals surface area contributed by atoms with Crippen molar-refractivity contribution in [3.63, 3.8) is 0 Å². The molecule has 2 unspecified atom stereocenters. The maximum absolute atomic E-state index is 12.0. The molecule has 1 aromatic carbocycles. The van der Waals surface area contributed by atoms with Crippen molar-refractivity contribution in [1.82, 2.24) is 5.32 Å². The van der Waals surface area contributed by atoms with Gasteiger partial charge in [0.25, 0.3) is 0 Å². The molecule has 0 spiro atoms. The Bertz CT molecular complexity index is 470. The summed E-state index contributed by atoms with van der Waals surface area (Å²) >= 11 is 0. The van der Waals surface area contributed by atoms with E-state index in [-0.39, 0.29) is 11.9 Å². The van der Waals surface area contributed by atoms with Crippen molar-refractivity contribution in [2.45, 2.75) is 51.6 Å². The molecule has 3 nitrogen and oxygen atoms in total. The standard InChI is InChI=1S/C15H22N2O/c1-4-11(3)17-15(14(16)18)8-7-12-6-5-10(2)9-13(12)15/h5-6,9,11,17H,4,7-8H2,1-3H3,(H2,16,18). The van der Waals surface area contributed by atoms with Crippen LogP contribution in [0.1, 0.15) is 43.4 Å². The summed E-state index contributed by atoms with van der Waals surface area (Å²) < 4.78 is 0. The van der Waals surface area contributed by atoms with Gasteiger partial charge in [0.05, 0.1) is 0 Å². The molecule has 1 aliphatic rings. The molecule has 3 heteroatoms. The number of amides is 1. The highest BCUT2D eigenvalue weighted by molar-refractivity contribution is 5.87. The Morgan fingerprint density at radius 3 is 2.89 bits per heavy atom. The van der Waals surface area contributed by atoms with Gasteiger partial charge in [-0.05, 0) is 44.2 Å². The van der Waals surface area contributed by atoms with Gasteiger partial charge in [0, 0.05) is 6.04 Å². The van der Waals surface area contributed by atoms with E-state index in [0.717, 1.165) is 24.8 Å². The summed E-state index contributed by atoms with van der Waals surface area (Å²) in [6.07, 6.45) is 2.67. The van der Waals surface area contributed by atoms with Gasteiger partial charge < -0.3 is 5.73 Å². The highest BCUT2D eigenvalue weighted by Crippen LogP contribution is 2.37. The van der Waals surface area contributed by atoms with Gasteiger partial charge in [-0.1, -0.05) is 30.7 Å². The molecule has 0 fully saturated rings. The van der Waals surface area contributed by atoms with Gasteiger partial charge in [0.1, 0.15) is 5.54 Å². The van der Waals surface area contributed by atoms with E-state index in [9.17, 15) is 4.79 Å². The topological polar surface area (TPSA) is 55.1 Å². The molecule has 0 saturated carbocycles. The van der Waals surface area contributed by atoms with Crippen LogP contribution in [0.15, 0.2) is 18.2 Å². The van der Waals surface area contributed by atoms with Crippen molar-refractivity contribution >= 4 is 5.91 Å². The van der Waals surface area contributed by atoms with Crippen molar-refractivity contribution in [3.05, 3.63) is 34.9 Å². The quantitative estimate of drug-likeness (QED) is 0.854. The average Bonchev–Trinajstić information content (AvgIpc) is 2.69. The van der Waals surface area contributed by atoms with E-state index in [1.165, 1.54) is 11.1 Å². The number of benzene rings is 1. The molecule has 0 aliphatic heterocycles. The normalized spacial score (nSPS) is 23.7. The Kier molecular flexibility index (Phi) is 3.44. The van der Waals surface area contributed by atoms with E-state index in [2.05, 4.69) is 37.4 Å². The van der Waals surface area contributed by atoms with Crippen LogP contribution < -0.4 is 11.1 Å². The maximum atomic E-state index is 12.0. The Morgan fingerprint density at radius 2 is 2.28 bits per heavy atom. The Morgan fingerprint density at radius 1 is 1.56 bits per heavy atom. The molecule has 0 saturated heterocycles. The summed E-state index contributed by atoms with van der Waals surface area (Å²) in [5.74, 6) is -0.257. The number of hydrogen-bond donors (Lipinski definition) is 2. The van der Waals surface area contributed by atoms with Crippen LogP contribution in [0.25, 0.3) is 0 Å². The maximum Gasteiger partial charge on any atom is 0.242 e. The molecular weight excluding hydrogens is 224 g/mol. The number of nitrogens with two attached hydrogens (primary N) is 1. The molecule has 2 rings (SSSR count). The smallest absolute Gasteiger partial charge is 0.242 e. The molecule has 0 radical (unpaired) electrons. The van der Waals surface area contributed by atoms with Crippen LogP contribution in [0.5, 0.6) is 0 Å². The minimum atomic E-state index is -0.670. The van der Waals surface area contributed by atoms with E-state index in [1.54, 1.807) is 0 Å². The first-order chi connectivity index (χ1) is 8.49. The molecule has 0 aromatic heterocycles. The van der Waals surface area contributed by atoms with Crippen LogP contribution in [0.2, 0.25) is 0 Å². The number of aryl methyl sites for hydroxylation is 2. The summed E-state index contributed by atoms with van der Waals surface area (Å²) in [7, 11) is 0. The molecule has 98 valence electrons. The molecule has 3 N–H and O–H groups in total. The number of fused-ring (bicyclic) bond motifs is 1. The second-order valence-corrected chi connectivity index (χ2v) is 5.38. The van der Waals surface area contributed by atoms with Crippen molar-refractivity contribution in [1.29, 1.82) is 0 Å². The molecule has 18 heavy (non-hydrogen) atoms. The molecule has 1 aliphatic carbocycles. The fourth-order valence-corrected chi connectivity index (χ4v) is 2.76. The minimum Gasteiger partial charge on any atom is -0.368 e. The zero-order valence-corrected chi connectivity index (χ0v) is 11.4. The Labute approximate surface area is 109 Å². The summed E-state index contributed by atoms with van der Waals surface area (Å²) in [5, 5.41) is 3.45. The van der Waals surface area contributed by atoms with Gasteiger partial charge in [-0.3, -0.25) is 10.1 Å². The highest BCUT2D eigenvalue weighted by atomic mass is 16.1. The number of carbonyl (C=O) groups is 1. The Hall–Kier alpha value is -1.35. The van der Waals surface area contributed by atoms with Crippen LogP contribution in [-0.4, -0.2) is 11.9 Å². The van der Waals surface area contributed by atoms with Gasteiger partial charge >= 0.3 is 0 Å². The van der Waals surface area contributed by atoms with Gasteiger partial charge in [-0.25, -0.2) is 0 Å². The predicted octanol–water partition coefficient (Wildman–Crippen LogP) is 2.01. The molecule has 0 heterocycles. The predicted molar refractivity (Wildman–Crippen MR) is 73.3 cm³/mol. The summed E-state index contributed by atoms with van der Waals surface area (Å²) in [4.78, 5) is 12.0. The first-order valence-electron chi connectivity index (χ1n) is 6.67. The number of nitrogens with one attached hydrogen (secondary N) is 1. The van der Waals surface area contributed by atoms with Crippen molar-refractivity contribution in [2.24, 2.45) is 5.73 Å². The van der Waals surface area contributed by atoms with E-state index < -0.39 is 5.54 Å². The van der Waals surface area contributed by atoms with E-state index in [0.29, 0.717) is 0 Å².